The van der Waals surface area contributed by atoms with Gasteiger partial charge in [0.2, 0.25) is 5.91 Å². The Morgan fingerprint density at radius 1 is 1.65 bits per heavy atom. The van der Waals surface area contributed by atoms with Crippen molar-refractivity contribution in [3.05, 3.63) is 0 Å². The predicted molar refractivity (Wildman–Crippen MR) is 53.9 cm³/mol. The topological polar surface area (TPSA) is 107 Å². The molecule has 2 fully saturated rings. The Bertz CT molecular complexity index is 340. The fraction of sp³-hybridized carbons (Fsp3) is 0.800. The summed E-state index contributed by atoms with van der Waals surface area (Å²) in [4.78, 5) is 23.9. The molecule has 3 N–H and O–H groups in total. The van der Waals surface area contributed by atoms with Crippen molar-refractivity contribution < 1.29 is 29.6 Å². The molecule has 2 rings (SSSR count). The van der Waals surface area contributed by atoms with Crippen molar-refractivity contribution in [2.45, 2.75) is 37.1 Å². The molecule has 0 aromatic carbocycles. The number of carboxylic acids is 1. The average molecular weight is 245 g/mol. The van der Waals surface area contributed by atoms with E-state index in [-0.39, 0.29) is 18.7 Å². The number of amides is 1. The van der Waals surface area contributed by atoms with Gasteiger partial charge in [-0.3, -0.25) is 9.69 Å². The molecule has 2 aliphatic heterocycles. The normalized spacial score (nSPS) is 34.6. The number of likely N-dealkylation sites (tertiary alicyclic amines) is 1. The largest absolute Gasteiger partial charge is 0.480 e. The number of carboxylic acid groups (broad SMARTS) is 1. The van der Waals surface area contributed by atoms with E-state index < -0.39 is 30.4 Å². The quantitative estimate of drug-likeness (QED) is 0.558. The van der Waals surface area contributed by atoms with E-state index in [4.69, 9.17) is 14.9 Å². The number of hydrogen-bond acceptors (Lipinski definition) is 5. The van der Waals surface area contributed by atoms with Gasteiger partial charge in [-0.05, 0) is 6.42 Å². The first-order valence-corrected chi connectivity index (χ1v) is 5.51. The monoisotopic (exact) mass is 245 g/mol. The van der Waals surface area contributed by atoms with Gasteiger partial charge in [-0.25, -0.2) is 4.79 Å². The van der Waals surface area contributed by atoms with Gasteiger partial charge in [-0.2, -0.15) is 0 Å². The minimum atomic E-state index is -1.36. The summed E-state index contributed by atoms with van der Waals surface area (Å²) in [7, 11) is 0. The number of nitrogens with zero attached hydrogens (tertiary/aromatic N) is 1. The van der Waals surface area contributed by atoms with Crippen molar-refractivity contribution in [3.8, 4) is 0 Å². The minimum absolute atomic E-state index is 0.125. The van der Waals surface area contributed by atoms with E-state index in [0.29, 0.717) is 13.0 Å². The van der Waals surface area contributed by atoms with Crippen LogP contribution in [0, 0.1) is 0 Å². The summed E-state index contributed by atoms with van der Waals surface area (Å²) in [5.41, 5.74) is -1.36. The third kappa shape index (κ3) is 1.70. The van der Waals surface area contributed by atoms with E-state index in [9.17, 15) is 14.7 Å². The van der Waals surface area contributed by atoms with E-state index in [1.54, 1.807) is 0 Å². The first-order chi connectivity index (χ1) is 8.03. The highest BCUT2D eigenvalue weighted by Gasteiger charge is 2.57. The van der Waals surface area contributed by atoms with Crippen LogP contribution in [0.3, 0.4) is 0 Å². The number of rotatable bonds is 4. The van der Waals surface area contributed by atoms with Gasteiger partial charge in [0, 0.05) is 12.8 Å². The smallest absolute Gasteiger partial charge is 0.326 e. The Morgan fingerprint density at radius 3 is 2.71 bits per heavy atom. The maximum absolute atomic E-state index is 11.7. The van der Waals surface area contributed by atoms with Crippen molar-refractivity contribution in [2.24, 2.45) is 0 Å². The molecule has 0 aliphatic carbocycles. The van der Waals surface area contributed by atoms with Gasteiger partial charge in [0.1, 0.15) is 12.1 Å². The van der Waals surface area contributed by atoms with E-state index in [1.165, 1.54) is 0 Å². The third-order valence-electron chi connectivity index (χ3n) is 3.41. The summed E-state index contributed by atoms with van der Waals surface area (Å²) in [6.45, 7) is -0.233. The average Bonchev–Trinajstić information content (AvgIpc) is 2.60. The van der Waals surface area contributed by atoms with Gasteiger partial charge in [0.15, 0.2) is 5.72 Å². The van der Waals surface area contributed by atoms with E-state index in [2.05, 4.69) is 0 Å². The summed E-state index contributed by atoms with van der Waals surface area (Å²) in [6, 6.07) is -0.982. The predicted octanol–water partition coefficient (Wildman–Crippen LogP) is -1.47. The molecule has 2 saturated heterocycles. The molecule has 0 spiro atoms. The van der Waals surface area contributed by atoms with Crippen LogP contribution in [0.1, 0.15) is 19.3 Å². The molecule has 1 amide bonds. The van der Waals surface area contributed by atoms with Crippen LogP contribution in [0.25, 0.3) is 0 Å². The molecule has 2 heterocycles. The highest BCUT2D eigenvalue weighted by atomic mass is 16.6. The van der Waals surface area contributed by atoms with Crippen LogP contribution in [0.5, 0.6) is 0 Å². The molecule has 7 heteroatoms. The Hall–Kier alpha value is -1.18. The number of carbonyl (C=O) groups excluding carboxylic acids is 1. The molecular formula is C10H15NO6. The van der Waals surface area contributed by atoms with Crippen LogP contribution in [0.4, 0.5) is 0 Å². The second-order valence-corrected chi connectivity index (χ2v) is 4.30. The van der Waals surface area contributed by atoms with Crippen LogP contribution in [0.15, 0.2) is 0 Å². The highest BCUT2D eigenvalue weighted by Crippen LogP contribution is 2.39. The fourth-order valence-corrected chi connectivity index (χ4v) is 2.46. The summed E-state index contributed by atoms with van der Waals surface area (Å²) in [5.74, 6) is -1.47. The first kappa shape index (κ1) is 12.3. The van der Waals surface area contributed by atoms with Gasteiger partial charge in [-0.15, -0.1) is 0 Å². The lowest BCUT2D eigenvalue weighted by molar-refractivity contribution is -0.285. The van der Waals surface area contributed by atoms with Gasteiger partial charge >= 0.3 is 5.97 Å². The standard InChI is InChI=1S/C10H15NO6/c12-5-7(13)10(3-4-17-10)11-6(9(15)16)1-2-8(11)14/h6-7,12-13H,1-5H2,(H,15,16)/t6-,7?,10?/m0/s1. The van der Waals surface area contributed by atoms with Crippen molar-refractivity contribution in [1.29, 1.82) is 0 Å². The number of ether oxygens (including phenoxy) is 1. The number of aliphatic hydroxyl groups is 2. The maximum atomic E-state index is 11.7. The molecule has 3 atom stereocenters. The first-order valence-electron chi connectivity index (χ1n) is 5.51. The molecule has 0 aromatic rings. The van der Waals surface area contributed by atoms with Crippen molar-refractivity contribution in [3.63, 3.8) is 0 Å². The summed E-state index contributed by atoms with van der Waals surface area (Å²) < 4.78 is 5.24. The SMILES string of the molecule is O=C(O)[C@@H]1CCC(=O)N1C1(C(O)CO)CCO1. The highest BCUT2D eigenvalue weighted by molar-refractivity contribution is 5.88. The maximum Gasteiger partial charge on any atom is 0.326 e. The number of hydrogen-bond donors (Lipinski definition) is 3. The summed E-state index contributed by atoms with van der Waals surface area (Å²) in [5, 5.41) is 27.8. The molecule has 96 valence electrons. The van der Waals surface area contributed by atoms with Crippen LogP contribution >= 0.6 is 0 Å². The zero-order chi connectivity index (χ0) is 12.6. The molecule has 0 saturated carbocycles. The van der Waals surface area contributed by atoms with Gasteiger partial charge < -0.3 is 20.1 Å². The zero-order valence-electron chi connectivity index (χ0n) is 9.20. The van der Waals surface area contributed by atoms with Crippen molar-refractivity contribution >= 4 is 11.9 Å². The number of aliphatic carboxylic acids is 1. The fourth-order valence-electron chi connectivity index (χ4n) is 2.46. The third-order valence-corrected chi connectivity index (χ3v) is 3.41. The second-order valence-electron chi connectivity index (χ2n) is 4.30. The molecule has 2 aliphatic rings. The Labute approximate surface area is 97.6 Å². The summed E-state index contributed by atoms with van der Waals surface area (Å²) in [6.07, 6.45) is -0.609. The lowest BCUT2D eigenvalue weighted by Gasteiger charge is -2.51. The Balaban J connectivity index is 2.28. The lowest BCUT2D eigenvalue weighted by Crippen LogP contribution is -2.68. The van der Waals surface area contributed by atoms with Crippen LogP contribution in [0.2, 0.25) is 0 Å². The minimum Gasteiger partial charge on any atom is -0.480 e. The van der Waals surface area contributed by atoms with Crippen molar-refractivity contribution in [1.82, 2.24) is 4.90 Å². The summed E-state index contributed by atoms with van der Waals surface area (Å²) >= 11 is 0. The van der Waals surface area contributed by atoms with Crippen LogP contribution in [-0.4, -0.2) is 63.2 Å². The second kappa shape index (κ2) is 4.25. The van der Waals surface area contributed by atoms with Gasteiger partial charge in [-0.1, -0.05) is 0 Å². The molecule has 17 heavy (non-hydrogen) atoms. The van der Waals surface area contributed by atoms with E-state index >= 15 is 0 Å². The lowest BCUT2D eigenvalue weighted by atomic mass is 9.95. The zero-order valence-corrected chi connectivity index (χ0v) is 9.20. The van der Waals surface area contributed by atoms with Crippen LogP contribution in [-0.2, 0) is 14.3 Å². The van der Waals surface area contributed by atoms with Crippen molar-refractivity contribution in [2.75, 3.05) is 13.2 Å². The van der Waals surface area contributed by atoms with E-state index in [0.717, 1.165) is 4.90 Å². The number of aliphatic hydroxyl groups excluding tert-OH is 2. The molecule has 0 bridgehead atoms. The van der Waals surface area contributed by atoms with E-state index in [1.807, 2.05) is 0 Å². The van der Waals surface area contributed by atoms with Gasteiger partial charge in [0.05, 0.1) is 13.2 Å². The molecule has 7 nitrogen and oxygen atoms in total. The Kier molecular flexibility index (Phi) is 3.07. The molecule has 0 radical (unpaired) electrons. The molecule has 2 unspecified atom stereocenters. The van der Waals surface area contributed by atoms with Crippen LogP contribution < -0.4 is 0 Å². The van der Waals surface area contributed by atoms with Gasteiger partial charge in [0.25, 0.3) is 0 Å². The number of carbonyl (C=O) groups is 2. The molecule has 0 aromatic heterocycles. The molecular weight excluding hydrogens is 230 g/mol. The Morgan fingerprint density at radius 2 is 2.29 bits per heavy atom.